The monoisotopic (exact) mass is 337 g/mol. The van der Waals surface area contributed by atoms with Gasteiger partial charge in [-0.3, -0.25) is 4.79 Å². The molecule has 0 aliphatic carbocycles. The van der Waals surface area contributed by atoms with Gasteiger partial charge in [0.2, 0.25) is 0 Å². The first kappa shape index (κ1) is 15.7. The highest BCUT2D eigenvalue weighted by atomic mass is 35.5. The summed E-state index contributed by atoms with van der Waals surface area (Å²) in [7, 11) is 1.55. The minimum absolute atomic E-state index is 0.107. The zero-order valence-electron chi connectivity index (χ0n) is 12.3. The van der Waals surface area contributed by atoms with Crippen molar-refractivity contribution in [2.75, 3.05) is 7.11 Å². The maximum absolute atomic E-state index is 14.0. The normalized spacial score (nSPS) is 19.4. The number of hydrogen-bond acceptors (Lipinski definition) is 2. The van der Waals surface area contributed by atoms with E-state index in [0.717, 1.165) is 10.5 Å². The number of halogens is 3. The molecule has 2 aromatic rings. The van der Waals surface area contributed by atoms with Crippen LogP contribution in [0.4, 0.5) is 8.78 Å². The summed E-state index contributed by atoms with van der Waals surface area (Å²) in [5.74, 6) is -3.91. The number of β-lactam (4-membered cyclic amide) rings is 1. The molecule has 0 bridgehead atoms. The summed E-state index contributed by atoms with van der Waals surface area (Å²) in [5.41, 5.74) is 1.08. The second kappa shape index (κ2) is 5.81. The molecule has 0 N–H and O–H groups in total. The molecule has 0 spiro atoms. The molecule has 0 unspecified atom stereocenters. The van der Waals surface area contributed by atoms with Gasteiger partial charge in [-0.1, -0.05) is 35.9 Å². The van der Waals surface area contributed by atoms with E-state index in [-0.39, 0.29) is 6.54 Å². The van der Waals surface area contributed by atoms with Gasteiger partial charge in [0.15, 0.2) is 0 Å². The predicted octanol–water partition coefficient (Wildman–Crippen LogP) is 4.07. The van der Waals surface area contributed by atoms with E-state index in [2.05, 4.69) is 0 Å². The Morgan fingerprint density at radius 2 is 1.91 bits per heavy atom. The number of hydrogen-bond donors (Lipinski definition) is 0. The molecule has 0 saturated carbocycles. The summed E-state index contributed by atoms with van der Waals surface area (Å²) in [6.45, 7) is 0.107. The molecule has 1 atom stereocenters. The van der Waals surface area contributed by atoms with Crippen LogP contribution in [0, 0.1) is 0 Å². The minimum atomic E-state index is -3.41. The van der Waals surface area contributed by atoms with Gasteiger partial charge in [-0.05, 0) is 35.4 Å². The van der Waals surface area contributed by atoms with Crippen LogP contribution < -0.4 is 4.74 Å². The third-order valence-corrected chi connectivity index (χ3v) is 4.11. The molecule has 6 heteroatoms. The fraction of sp³-hybridized carbons (Fsp3) is 0.235. The van der Waals surface area contributed by atoms with E-state index in [4.69, 9.17) is 16.3 Å². The fourth-order valence-corrected chi connectivity index (χ4v) is 2.91. The molecule has 1 heterocycles. The second-order valence-corrected chi connectivity index (χ2v) is 5.80. The van der Waals surface area contributed by atoms with E-state index in [1.54, 1.807) is 49.6 Å². The zero-order chi connectivity index (χ0) is 16.6. The highest BCUT2D eigenvalue weighted by Gasteiger charge is 2.63. The van der Waals surface area contributed by atoms with Crippen LogP contribution in [0.25, 0.3) is 0 Å². The maximum atomic E-state index is 14.0. The minimum Gasteiger partial charge on any atom is -0.497 e. The number of nitrogens with zero attached hydrogens (tertiary/aromatic N) is 1. The molecule has 1 aliphatic rings. The number of rotatable bonds is 4. The van der Waals surface area contributed by atoms with E-state index in [1.165, 1.54) is 6.07 Å². The fourth-order valence-electron chi connectivity index (χ4n) is 2.71. The first-order chi connectivity index (χ1) is 10.9. The number of ether oxygens (including phenoxy) is 1. The number of carbonyl (C=O) groups excluding carboxylic acids is 1. The van der Waals surface area contributed by atoms with Crippen molar-refractivity contribution < 1.29 is 18.3 Å². The first-order valence-corrected chi connectivity index (χ1v) is 7.38. The van der Waals surface area contributed by atoms with Crippen molar-refractivity contribution in [3.8, 4) is 5.75 Å². The lowest BCUT2D eigenvalue weighted by molar-refractivity contribution is -0.207. The molecular weight excluding hydrogens is 324 g/mol. The Balaban J connectivity index is 1.86. The van der Waals surface area contributed by atoms with E-state index in [9.17, 15) is 13.6 Å². The Hall–Kier alpha value is -2.14. The molecular formula is C17H14ClF2NO2. The maximum Gasteiger partial charge on any atom is 0.348 e. The van der Waals surface area contributed by atoms with Gasteiger partial charge in [0.25, 0.3) is 5.91 Å². The van der Waals surface area contributed by atoms with Gasteiger partial charge in [0.05, 0.1) is 7.11 Å². The van der Waals surface area contributed by atoms with Crippen molar-refractivity contribution in [2.45, 2.75) is 18.5 Å². The van der Waals surface area contributed by atoms with E-state index in [0.29, 0.717) is 16.3 Å². The standard InChI is InChI=1S/C17H14ClF2NO2/c1-23-14-7-5-11(6-8-14)10-21-15(17(19,20)16(21)22)12-3-2-4-13(18)9-12/h2-9,15H,10H2,1H3/t15-/m1/s1. The Morgan fingerprint density at radius 3 is 2.52 bits per heavy atom. The molecule has 120 valence electrons. The first-order valence-electron chi connectivity index (χ1n) is 7.01. The topological polar surface area (TPSA) is 29.5 Å². The van der Waals surface area contributed by atoms with Crippen LogP contribution in [0.2, 0.25) is 5.02 Å². The number of alkyl halides is 2. The molecule has 3 nitrogen and oxygen atoms in total. The summed E-state index contributed by atoms with van der Waals surface area (Å²) < 4.78 is 33.1. The summed E-state index contributed by atoms with van der Waals surface area (Å²) in [6, 6.07) is 11.9. The van der Waals surface area contributed by atoms with Gasteiger partial charge < -0.3 is 9.64 Å². The highest BCUT2D eigenvalue weighted by molar-refractivity contribution is 6.30. The third-order valence-electron chi connectivity index (χ3n) is 3.88. The molecule has 1 saturated heterocycles. The average Bonchev–Trinajstić information content (AvgIpc) is 2.54. The molecule has 0 aromatic heterocycles. The Bertz CT molecular complexity index is 734. The molecule has 3 rings (SSSR count). The average molecular weight is 338 g/mol. The van der Waals surface area contributed by atoms with E-state index in [1.807, 2.05) is 0 Å². The predicted molar refractivity (Wildman–Crippen MR) is 82.7 cm³/mol. The van der Waals surface area contributed by atoms with Crippen LogP contribution in [0.15, 0.2) is 48.5 Å². The van der Waals surface area contributed by atoms with Crippen LogP contribution in [-0.2, 0) is 11.3 Å². The quantitative estimate of drug-likeness (QED) is 0.787. The smallest absolute Gasteiger partial charge is 0.348 e. The van der Waals surface area contributed by atoms with Crippen LogP contribution >= 0.6 is 11.6 Å². The van der Waals surface area contributed by atoms with Crippen molar-refractivity contribution in [1.82, 2.24) is 4.90 Å². The number of methoxy groups -OCH3 is 1. The van der Waals surface area contributed by atoms with Crippen molar-refractivity contribution in [2.24, 2.45) is 0 Å². The largest absolute Gasteiger partial charge is 0.497 e. The number of benzene rings is 2. The molecule has 0 radical (unpaired) electrons. The summed E-state index contributed by atoms with van der Waals surface area (Å²) in [5, 5.41) is 0.363. The van der Waals surface area contributed by atoms with Crippen molar-refractivity contribution in [3.05, 3.63) is 64.7 Å². The molecule has 1 amide bonds. The second-order valence-electron chi connectivity index (χ2n) is 5.36. The number of carbonyl (C=O) groups is 1. The SMILES string of the molecule is COc1ccc(CN2C(=O)C(F)(F)[C@H]2c2cccc(Cl)c2)cc1. The lowest BCUT2D eigenvalue weighted by Gasteiger charge is -2.46. The summed E-state index contributed by atoms with van der Waals surface area (Å²) in [6.07, 6.45) is 0. The van der Waals surface area contributed by atoms with Crippen LogP contribution in [0.5, 0.6) is 5.75 Å². The Labute approximate surface area is 137 Å². The lowest BCUT2D eigenvalue weighted by atomic mass is 9.89. The van der Waals surface area contributed by atoms with Crippen molar-refractivity contribution in [3.63, 3.8) is 0 Å². The van der Waals surface area contributed by atoms with Crippen LogP contribution in [0.1, 0.15) is 17.2 Å². The molecule has 23 heavy (non-hydrogen) atoms. The summed E-state index contributed by atoms with van der Waals surface area (Å²) >= 11 is 5.88. The van der Waals surface area contributed by atoms with Crippen LogP contribution in [-0.4, -0.2) is 23.8 Å². The van der Waals surface area contributed by atoms with Gasteiger partial charge in [-0.15, -0.1) is 0 Å². The number of amides is 1. The van der Waals surface area contributed by atoms with Gasteiger partial charge in [0.1, 0.15) is 11.8 Å². The zero-order valence-corrected chi connectivity index (χ0v) is 13.1. The van der Waals surface area contributed by atoms with Crippen molar-refractivity contribution in [1.29, 1.82) is 0 Å². The summed E-state index contributed by atoms with van der Waals surface area (Å²) in [4.78, 5) is 13.0. The lowest BCUT2D eigenvalue weighted by Crippen LogP contribution is -2.63. The van der Waals surface area contributed by atoms with E-state index >= 15 is 0 Å². The Morgan fingerprint density at radius 1 is 1.22 bits per heavy atom. The van der Waals surface area contributed by atoms with E-state index < -0.39 is 17.9 Å². The Kier molecular flexibility index (Phi) is 3.98. The third kappa shape index (κ3) is 2.77. The van der Waals surface area contributed by atoms with Gasteiger partial charge in [-0.25, -0.2) is 0 Å². The van der Waals surface area contributed by atoms with Gasteiger partial charge in [-0.2, -0.15) is 8.78 Å². The molecule has 1 aliphatic heterocycles. The molecule has 1 fully saturated rings. The van der Waals surface area contributed by atoms with Crippen LogP contribution in [0.3, 0.4) is 0 Å². The van der Waals surface area contributed by atoms with Gasteiger partial charge >= 0.3 is 5.92 Å². The molecule has 2 aromatic carbocycles. The van der Waals surface area contributed by atoms with Gasteiger partial charge in [0, 0.05) is 11.6 Å². The number of likely N-dealkylation sites (tertiary alicyclic amines) is 1. The highest BCUT2D eigenvalue weighted by Crippen LogP contribution is 2.48. The van der Waals surface area contributed by atoms with Crippen molar-refractivity contribution >= 4 is 17.5 Å².